The molecule has 0 aromatic heterocycles. The molecule has 0 radical (unpaired) electrons. The van der Waals surface area contributed by atoms with E-state index in [2.05, 4.69) is 9.47 Å². The van der Waals surface area contributed by atoms with Crippen molar-refractivity contribution >= 4 is 17.6 Å². The Morgan fingerprint density at radius 1 is 1.80 bits per heavy atom. The van der Waals surface area contributed by atoms with Crippen LogP contribution in [-0.4, -0.2) is 19.4 Å². The summed E-state index contributed by atoms with van der Waals surface area (Å²) in [6, 6.07) is 0. The molecular weight excluding hydrogens is 158 g/mol. The van der Waals surface area contributed by atoms with Crippen LogP contribution in [-0.2, 0) is 14.3 Å². The first-order chi connectivity index (χ1) is 4.66. The van der Waals surface area contributed by atoms with E-state index in [1.54, 1.807) is 0 Å². The summed E-state index contributed by atoms with van der Waals surface area (Å²) < 4.78 is 9.20. The minimum Gasteiger partial charge on any atom is -0.425 e. The van der Waals surface area contributed by atoms with Crippen LogP contribution in [0.3, 0.4) is 0 Å². The quantitative estimate of drug-likeness (QED) is 0.550. The van der Waals surface area contributed by atoms with Gasteiger partial charge in [0.1, 0.15) is 5.70 Å². The molecule has 0 saturated heterocycles. The average Bonchev–Trinajstić information content (AvgIpc) is 2.17. The van der Waals surface area contributed by atoms with Gasteiger partial charge in [0.2, 0.25) is 6.29 Å². The molecule has 4 nitrogen and oxygen atoms in total. The van der Waals surface area contributed by atoms with Crippen LogP contribution in [0.15, 0.2) is 10.7 Å². The molecule has 0 fully saturated rings. The number of hydrogen-bond acceptors (Lipinski definition) is 4. The van der Waals surface area contributed by atoms with Crippen LogP contribution in [0.25, 0.3) is 0 Å². The van der Waals surface area contributed by atoms with E-state index in [1.165, 1.54) is 7.11 Å². The number of carbonyl (C=O) groups excluding carboxylic acids is 1. The number of halogens is 1. The topological polar surface area (TPSA) is 61.5 Å². The van der Waals surface area contributed by atoms with E-state index in [9.17, 15) is 4.79 Å². The first-order valence-electron chi connectivity index (χ1n) is 2.55. The Labute approximate surface area is 62.5 Å². The van der Waals surface area contributed by atoms with Crippen molar-refractivity contribution in [2.24, 2.45) is 5.73 Å². The van der Waals surface area contributed by atoms with E-state index >= 15 is 0 Å². The average molecular weight is 164 g/mol. The second-order valence-electron chi connectivity index (χ2n) is 1.74. The second-order valence-corrected chi connectivity index (χ2v) is 2.12. The molecule has 1 unspecified atom stereocenters. The highest BCUT2D eigenvalue weighted by Gasteiger charge is 2.30. The standard InChI is InChI=1S/C5H6ClNO3/c1-9-5-3(7)2(6)4(8)10-5/h5H,7H2,1H3. The number of ether oxygens (including phenoxy) is 2. The fraction of sp³-hybridized carbons (Fsp3) is 0.400. The van der Waals surface area contributed by atoms with Crippen molar-refractivity contribution in [3.05, 3.63) is 10.7 Å². The van der Waals surface area contributed by atoms with Gasteiger partial charge in [0.25, 0.3) is 0 Å². The minimum absolute atomic E-state index is 0.0909. The summed E-state index contributed by atoms with van der Waals surface area (Å²) in [6.45, 7) is 0. The molecule has 1 rings (SSSR count). The lowest BCUT2D eigenvalue weighted by molar-refractivity contribution is -0.155. The Hall–Kier alpha value is -0.740. The summed E-state index contributed by atoms with van der Waals surface area (Å²) >= 11 is 5.39. The SMILES string of the molecule is COC1OC(=O)C(Cl)=C1N. The van der Waals surface area contributed by atoms with Crippen molar-refractivity contribution < 1.29 is 14.3 Å². The molecule has 0 amide bonds. The molecule has 0 spiro atoms. The Morgan fingerprint density at radius 2 is 2.40 bits per heavy atom. The monoisotopic (exact) mass is 163 g/mol. The van der Waals surface area contributed by atoms with Crippen molar-refractivity contribution in [3.63, 3.8) is 0 Å². The van der Waals surface area contributed by atoms with Gasteiger partial charge >= 0.3 is 5.97 Å². The van der Waals surface area contributed by atoms with E-state index in [0.717, 1.165) is 0 Å². The van der Waals surface area contributed by atoms with E-state index < -0.39 is 12.3 Å². The normalized spacial score (nSPS) is 25.4. The molecule has 10 heavy (non-hydrogen) atoms. The first kappa shape index (κ1) is 7.37. The van der Waals surface area contributed by atoms with Gasteiger partial charge in [-0.15, -0.1) is 0 Å². The Kier molecular flexibility index (Phi) is 1.82. The molecule has 1 atom stereocenters. The van der Waals surface area contributed by atoms with E-state index in [0.29, 0.717) is 0 Å². The summed E-state index contributed by atoms with van der Waals surface area (Å²) in [5.41, 5.74) is 5.43. The number of cyclic esters (lactones) is 1. The zero-order chi connectivity index (χ0) is 7.72. The van der Waals surface area contributed by atoms with Gasteiger partial charge in [0, 0.05) is 7.11 Å². The van der Waals surface area contributed by atoms with Crippen LogP contribution in [0.4, 0.5) is 0 Å². The van der Waals surface area contributed by atoms with Crippen LogP contribution >= 0.6 is 11.6 Å². The summed E-state index contributed by atoms with van der Waals surface area (Å²) in [7, 11) is 1.38. The van der Waals surface area contributed by atoms with Gasteiger partial charge in [-0.05, 0) is 0 Å². The fourth-order valence-corrected chi connectivity index (χ4v) is 0.742. The molecule has 2 N–H and O–H groups in total. The van der Waals surface area contributed by atoms with E-state index in [-0.39, 0.29) is 10.7 Å². The van der Waals surface area contributed by atoms with Gasteiger partial charge in [-0.1, -0.05) is 11.6 Å². The van der Waals surface area contributed by atoms with Crippen molar-refractivity contribution in [1.82, 2.24) is 0 Å². The lowest BCUT2D eigenvalue weighted by atomic mass is 10.4. The molecule has 56 valence electrons. The smallest absolute Gasteiger partial charge is 0.354 e. The van der Waals surface area contributed by atoms with Crippen LogP contribution < -0.4 is 5.73 Å². The Morgan fingerprint density at radius 3 is 2.60 bits per heavy atom. The highest BCUT2D eigenvalue weighted by Crippen LogP contribution is 2.21. The molecule has 0 aliphatic carbocycles. The van der Waals surface area contributed by atoms with Gasteiger partial charge < -0.3 is 15.2 Å². The third kappa shape index (κ3) is 0.955. The second kappa shape index (κ2) is 2.48. The van der Waals surface area contributed by atoms with Crippen LogP contribution in [0.1, 0.15) is 0 Å². The summed E-state index contributed by atoms with van der Waals surface area (Å²) in [5.74, 6) is -0.633. The number of hydrogen-bond donors (Lipinski definition) is 1. The van der Waals surface area contributed by atoms with Gasteiger partial charge in [-0.2, -0.15) is 0 Å². The zero-order valence-corrected chi connectivity index (χ0v) is 6.01. The molecule has 5 heteroatoms. The third-order valence-corrected chi connectivity index (χ3v) is 1.49. The Bertz CT molecular complexity index is 201. The maximum absolute atomic E-state index is 10.6. The van der Waals surface area contributed by atoms with E-state index in [4.69, 9.17) is 17.3 Å². The van der Waals surface area contributed by atoms with Crippen molar-refractivity contribution in [2.45, 2.75) is 6.29 Å². The molecule has 1 aliphatic heterocycles. The van der Waals surface area contributed by atoms with E-state index in [1.807, 2.05) is 0 Å². The maximum atomic E-state index is 10.6. The summed E-state index contributed by atoms with van der Waals surface area (Å²) in [5, 5.41) is -0.0909. The largest absolute Gasteiger partial charge is 0.425 e. The minimum atomic E-state index is -0.806. The first-order valence-corrected chi connectivity index (χ1v) is 2.93. The summed E-state index contributed by atoms with van der Waals surface area (Å²) in [4.78, 5) is 10.6. The van der Waals surface area contributed by atoms with Crippen molar-refractivity contribution in [2.75, 3.05) is 7.11 Å². The molecule has 1 heterocycles. The van der Waals surface area contributed by atoms with Crippen LogP contribution in [0.2, 0.25) is 0 Å². The predicted molar refractivity (Wildman–Crippen MR) is 34.0 cm³/mol. The molecule has 1 aliphatic rings. The van der Waals surface area contributed by atoms with Gasteiger partial charge in [-0.25, -0.2) is 4.79 Å². The number of methoxy groups -OCH3 is 1. The molecule has 0 bridgehead atoms. The Balaban J connectivity index is 2.83. The lowest BCUT2D eigenvalue weighted by Gasteiger charge is -2.06. The number of nitrogens with two attached hydrogens (primary N) is 1. The van der Waals surface area contributed by atoms with Crippen LogP contribution in [0.5, 0.6) is 0 Å². The zero-order valence-electron chi connectivity index (χ0n) is 5.26. The predicted octanol–water partition coefficient (Wildman–Crippen LogP) is -0.0752. The molecule has 0 aromatic carbocycles. The van der Waals surface area contributed by atoms with Crippen molar-refractivity contribution in [3.8, 4) is 0 Å². The molecular formula is C5H6ClNO3. The third-order valence-electron chi connectivity index (χ3n) is 1.11. The highest BCUT2D eigenvalue weighted by atomic mass is 35.5. The van der Waals surface area contributed by atoms with Gasteiger partial charge in [0.05, 0.1) is 0 Å². The number of esters is 1. The highest BCUT2D eigenvalue weighted by molar-refractivity contribution is 6.42. The fourth-order valence-electron chi connectivity index (χ4n) is 0.609. The summed E-state index contributed by atoms with van der Waals surface area (Å²) in [6.07, 6.45) is -0.806. The van der Waals surface area contributed by atoms with Gasteiger partial charge in [0.15, 0.2) is 5.03 Å². The van der Waals surface area contributed by atoms with Crippen molar-refractivity contribution in [1.29, 1.82) is 0 Å². The molecule has 0 saturated carbocycles. The van der Waals surface area contributed by atoms with Gasteiger partial charge in [-0.3, -0.25) is 0 Å². The number of rotatable bonds is 1. The maximum Gasteiger partial charge on any atom is 0.354 e. The van der Waals surface area contributed by atoms with Crippen LogP contribution in [0, 0.1) is 0 Å². The lowest BCUT2D eigenvalue weighted by Crippen LogP contribution is -2.18. The molecule has 0 aromatic rings. The number of carbonyl (C=O) groups is 1.